The number of nitrogens with two attached hydrogens (primary N) is 1. The average Bonchev–Trinajstić information content (AvgIpc) is 3.15. The fraction of sp³-hybridized carbons (Fsp3) is 0.185. The number of benzene rings is 3. The molecule has 0 bridgehead atoms. The summed E-state index contributed by atoms with van der Waals surface area (Å²) in [5, 5.41) is 10.2. The van der Waals surface area contributed by atoms with Gasteiger partial charge in [-0.2, -0.15) is 13.2 Å². The van der Waals surface area contributed by atoms with Crippen LogP contribution in [0.5, 0.6) is 5.75 Å². The van der Waals surface area contributed by atoms with E-state index in [1.165, 1.54) is 30.3 Å². The van der Waals surface area contributed by atoms with Crippen LogP contribution in [0.3, 0.4) is 0 Å². The highest BCUT2D eigenvalue weighted by molar-refractivity contribution is 6.11. The quantitative estimate of drug-likeness (QED) is 0.189. The van der Waals surface area contributed by atoms with Crippen LogP contribution >= 0.6 is 0 Å². The van der Waals surface area contributed by atoms with E-state index >= 15 is 0 Å². The number of carbonyl (C=O) groups is 3. The van der Waals surface area contributed by atoms with Crippen LogP contribution in [0.1, 0.15) is 45.7 Å². The minimum atomic E-state index is -5.36. The zero-order valence-corrected chi connectivity index (χ0v) is 20.2. The minimum absolute atomic E-state index is 0.0690. The van der Waals surface area contributed by atoms with Crippen LogP contribution in [-0.4, -0.2) is 35.5 Å². The predicted molar refractivity (Wildman–Crippen MR) is 132 cm³/mol. The highest BCUT2D eigenvalue weighted by atomic mass is 19.4. The Morgan fingerprint density at radius 1 is 1.00 bits per heavy atom. The molecule has 11 heteroatoms. The molecule has 0 aromatic heterocycles. The van der Waals surface area contributed by atoms with Gasteiger partial charge in [-0.25, -0.2) is 9.59 Å². The number of halogens is 3. The fourth-order valence-corrected chi connectivity index (χ4v) is 4.09. The summed E-state index contributed by atoms with van der Waals surface area (Å²) in [6, 6.07) is 14.9. The Hall–Kier alpha value is -4.67. The third-order valence-corrected chi connectivity index (χ3v) is 5.76. The lowest BCUT2D eigenvalue weighted by Gasteiger charge is -2.17. The molecule has 0 saturated heterocycles. The van der Waals surface area contributed by atoms with Gasteiger partial charge in [-0.3, -0.25) is 10.2 Å². The van der Waals surface area contributed by atoms with Gasteiger partial charge in [0.15, 0.2) is 0 Å². The Morgan fingerprint density at radius 2 is 1.66 bits per heavy atom. The number of hydrogen-bond acceptors (Lipinski definition) is 6. The van der Waals surface area contributed by atoms with E-state index in [0.29, 0.717) is 23.4 Å². The molecule has 3 aromatic rings. The van der Waals surface area contributed by atoms with E-state index in [2.05, 4.69) is 10.1 Å². The van der Waals surface area contributed by atoms with Gasteiger partial charge in [0, 0.05) is 17.7 Å². The van der Waals surface area contributed by atoms with Crippen molar-refractivity contribution >= 4 is 29.4 Å². The van der Waals surface area contributed by atoms with E-state index in [1.54, 1.807) is 30.3 Å². The smallest absolute Gasteiger partial charge is 0.487 e. The van der Waals surface area contributed by atoms with Gasteiger partial charge < -0.3 is 20.5 Å². The molecule has 0 radical (unpaired) electrons. The fourth-order valence-electron chi connectivity index (χ4n) is 4.09. The van der Waals surface area contributed by atoms with Crippen LogP contribution in [0.25, 0.3) is 11.1 Å². The number of amides is 1. The van der Waals surface area contributed by atoms with E-state index in [9.17, 15) is 27.6 Å². The van der Waals surface area contributed by atoms with Crippen molar-refractivity contribution in [1.82, 2.24) is 0 Å². The van der Waals surface area contributed by atoms with Gasteiger partial charge >= 0.3 is 18.1 Å². The van der Waals surface area contributed by atoms with Gasteiger partial charge in [0.25, 0.3) is 5.91 Å². The number of nitrogen functional groups attached to an aromatic ring is 1. The van der Waals surface area contributed by atoms with Crippen molar-refractivity contribution in [2.75, 3.05) is 5.32 Å². The number of alkyl halides is 3. The van der Waals surface area contributed by atoms with Gasteiger partial charge in [-0.05, 0) is 73.0 Å². The number of carbonyl (C=O) groups excluding carboxylic acids is 3. The zero-order chi connectivity index (χ0) is 27.8. The molecule has 38 heavy (non-hydrogen) atoms. The first-order valence-electron chi connectivity index (χ1n) is 11.3. The SMILES string of the molecule is CC1(C)Cc2cc(-c3ccccc3C(=O)OC(=O)C(F)(F)F)c(C(=O)Nc3ccc(C(=N)N)cc3)cc2O1. The summed E-state index contributed by atoms with van der Waals surface area (Å²) >= 11 is 0. The Balaban J connectivity index is 1.78. The molecular weight excluding hydrogens is 503 g/mol. The van der Waals surface area contributed by atoms with Crippen molar-refractivity contribution < 1.29 is 37.0 Å². The first-order valence-corrected chi connectivity index (χ1v) is 11.3. The molecule has 0 spiro atoms. The molecule has 0 fully saturated rings. The number of ether oxygens (including phenoxy) is 2. The Kier molecular flexibility index (Phi) is 6.71. The largest absolute Gasteiger partial charge is 0.491 e. The van der Waals surface area contributed by atoms with Crippen LogP contribution in [-0.2, 0) is 16.0 Å². The molecular formula is C27H22F3N3O5. The Bertz CT molecular complexity index is 1460. The van der Waals surface area contributed by atoms with Crippen LogP contribution in [0, 0.1) is 5.41 Å². The first-order chi connectivity index (χ1) is 17.7. The van der Waals surface area contributed by atoms with Gasteiger partial charge in [-0.1, -0.05) is 18.2 Å². The van der Waals surface area contributed by atoms with Crippen molar-refractivity contribution in [1.29, 1.82) is 5.41 Å². The van der Waals surface area contributed by atoms with Crippen LogP contribution in [0.4, 0.5) is 18.9 Å². The van der Waals surface area contributed by atoms with E-state index in [0.717, 1.165) is 5.56 Å². The third kappa shape index (κ3) is 5.51. The summed E-state index contributed by atoms with van der Waals surface area (Å²) in [6.45, 7) is 3.72. The Labute approximate surface area is 215 Å². The molecule has 4 N–H and O–H groups in total. The second kappa shape index (κ2) is 9.66. The van der Waals surface area contributed by atoms with Crippen LogP contribution in [0.2, 0.25) is 0 Å². The molecule has 1 aliphatic rings. The van der Waals surface area contributed by atoms with Crippen molar-refractivity contribution in [3.8, 4) is 16.9 Å². The van der Waals surface area contributed by atoms with Crippen molar-refractivity contribution in [2.24, 2.45) is 5.73 Å². The normalized spacial score (nSPS) is 13.7. The van der Waals surface area contributed by atoms with Gasteiger partial charge in [0.05, 0.1) is 11.1 Å². The lowest BCUT2D eigenvalue weighted by molar-refractivity contribution is -0.193. The number of nitrogens with one attached hydrogen (secondary N) is 2. The van der Waals surface area contributed by atoms with Crippen molar-refractivity contribution in [3.05, 3.63) is 82.9 Å². The first kappa shape index (κ1) is 26.4. The molecule has 8 nitrogen and oxygen atoms in total. The maximum Gasteiger partial charge on any atom is 0.491 e. The van der Waals surface area contributed by atoms with E-state index in [1.807, 2.05) is 13.8 Å². The third-order valence-electron chi connectivity index (χ3n) is 5.76. The summed E-state index contributed by atoms with van der Waals surface area (Å²) in [7, 11) is 0. The second-order valence-corrected chi connectivity index (χ2v) is 9.21. The number of amidine groups is 1. The monoisotopic (exact) mass is 525 g/mol. The van der Waals surface area contributed by atoms with E-state index in [4.69, 9.17) is 15.9 Å². The lowest BCUT2D eigenvalue weighted by atomic mass is 9.91. The highest BCUT2D eigenvalue weighted by Gasteiger charge is 2.43. The summed E-state index contributed by atoms with van der Waals surface area (Å²) in [5.74, 6) is -4.44. The average molecular weight is 525 g/mol. The molecule has 1 aliphatic heterocycles. The summed E-state index contributed by atoms with van der Waals surface area (Å²) < 4.78 is 48.1. The molecule has 3 aromatic carbocycles. The summed E-state index contributed by atoms with van der Waals surface area (Å²) in [6.07, 6.45) is -4.88. The molecule has 4 rings (SSSR count). The number of hydrogen-bond donors (Lipinski definition) is 3. The van der Waals surface area contributed by atoms with Crippen molar-refractivity contribution in [3.63, 3.8) is 0 Å². The van der Waals surface area contributed by atoms with Crippen LogP contribution < -0.4 is 15.8 Å². The van der Waals surface area contributed by atoms with Gasteiger partial charge in [0.2, 0.25) is 0 Å². The number of anilines is 1. The number of rotatable bonds is 5. The van der Waals surface area contributed by atoms with Gasteiger partial charge in [0.1, 0.15) is 17.2 Å². The second-order valence-electron chi connectivity index (χ2n) is 9.21. The molecule has 0 unspecified atom stereocenters. The maximum atomic E-state index is 13.4. The number of esters is 2. The van der Waals surface area contributed by atoms with Crippen LogP contribution in [0.15, 0.2) is 60.7 Å². The summed E-state index contributed by atoms with van der Waals surface area (Å²) in [5.41, 5.74) is 6.52. The maximum absolute atomic E-state index is 13.4. The topological polar surface area (TPSA) is 132 Å². The standard InChI is InChI=1S/C27H22F3N3O5/c1-26(2)13-15-11-19(17-5-3-4-6-18(17)24(35)37-25(36)27(28,29)30)20(12-21(15)38-26)23(34)33-16-9-7-14(8-10-16)22(31)32/h3-12H,13H2,1-2H3,(H3,31,32)(H,33,34). The summed E-state index contributed by atoms with van der Waals surface area (Å²) in [4.78, 5) is 37.3. The van der Waals surface area contributed by atoms with E-state index in [-0.39, 0.29) is 28.1 Å². The number of fused-ring (bicyclic) bond motifs is 1. The minimum Gasteiger partial charge on any atom is -0.487 e. The Morgan fingerprint density at radius 3 is 2.29 bits per heavy atom. The lowest BCUT2D eigenvalue weighted by Crippen LogP contribution is -2.28. The predicted octanol–water partition coefficient (Wildman–Crippen LogP) is 4.85. The molecule has 0 saturated carbocycles. The molecule has 1 heterocycles. The van der Waals surface area contributed by atoms with E-state index < -0.39 is 29.6 Å². The molecule has 0 atom stereocenters. The zero-order valence-electron chi connectivity index (χ0n) is 20.2. The van der Waals surface area contributed by atoms with Gasteiger partial charge in [-0.15, -0.1) is 0 Å². The molecule has 0 aliphatic carbocycles. The molecule has 1 amide bonds. The molecule has 196 valence electrons. The highest BCUT2D eigenvalue weighted by Crippen LogP contribution is 2.40. The van der Waals surface area contributed by atoms with Crippen molar-refractivity contribution in [2.45, 2.75) is 32.0 Å².